The third-order valence-corrected chi connectivity index (χ3v) is 3.00. The second kappa shape index (κ2) is 7.10. The predicted molar refractivity (Wildman–Crippen MR) is 73.5 cm³/mol. The maximum atomic E-state index is 12.2. The number of aryl methyl sites for hydroxylation is 1. The molecule has 0 aliphatic carbocycles. The number of alkyl halides is 2. The predicted octanol–water partition coefficient (Wildman–Crippen LogP) is 3.57. The monoisotopic (exact) mass is 293 g/mol. The highest BCUT2D eigenvalue weighted by Gasteiger charge is 2.16. The summed E-state index contributed by atoms with van der Waals surface area (Å²) in [5, 5.41) is 0.552. The molecule has 2 nitrogen and oxygen atoms in total. The maximum absolute atomic E-state index is 12.2. The fourth-order valence-corrected chi connectivity index (χ4v) is 2.09. The molecule has 1 amide bonds. The summed E-state index contributed by atoms with van der Waals surface area (Å²) in [7, 11) is 0. The molecule has 17 heavy (non-hydrogen) atoms. The molecule has 0 bridgehead atoms. The van der Waals surface area contributed by atoms with Crippen LogP contribution in [0.2, 0.25) is 5.02 Å². The molecule has 0 fully saturated rings. The SMILES string of the molecule is Cc1ccc(Cl)cc1C(=O)N(CCCl)CCCl. The van der Waals surface area contributed by atoms with Crippen molar-refractivity contribution in [3.05, 3.63) is 34.3 Å². The topological polar surface area (TPSA) is 20.3 Å². The van der Waals surface area contributed by atoms with E-state index in [4.69, 9.17) is 34.8 Å². The van der Waals surface area contributed by atoms with Gasteiger partial charge in [-0.2, -0.15) is 0 Å². The Morgan fingerprint density at radius 2 is 1.82 bits per heavy atom. The van der Waals surface area contributed by atoms with Gasteiger partial charge in [-0.25, -0.2) is 0 Å². The number of carbonyl (C=O) groups is 1. The van der Waals surface area contributed by atoms with Gasteiger partial charge in [0.05, 0.1) is 0 Å². The van der Waals surface area contributed by atoms with Crippen molar-refractivity contribution in [2.24, 2.45) is 0 Å². The molecule has 1 rings (SSSR count). The first-order chi connectivity index (χ1) is 8.10. The molecule has 0 atom stereocenters. The third kappa shape index (κ3) is 4.06. The summed E-state index contributed by atoms with van der Waals surface area (Å²) in [6, 6.07) is 5.27. The van der Waals surface area contributed by atoms with Crippen molar-refractivity contribution in [1.29, 1.82) is 0 Å². The van der Waals surface area contributed by atoms with Crippen molar-refractivity contribution in [3.63, 3.8) is 0 Å². The minimum Gasteiger partial charge on any atom is -0.336 e. The molecule has 0 saturated heterocycles. The number of nitrogens with zero attached hydrogens (tertiary/aromatic N) is 1. The Labute approximate surface area is 116 Å². The van der Waals surface area contributed by atoms with Crippen molar-refractivity contribution in [3.8, 4) is 0 Å². The van der Waals surface area contributed by atoms with Crippen LogP contribution in [0.15, 0.2) is 18.2 Å². The third-order valence-electron chi connectivity index (χ3n) is 2.43. The average molecular weight is 295 g/mol. The van der Waals surface area contributed by atoms with E-state index in [0.29, 0.717) is 35.4 Å². The van der Waals surface area contributed by atoms with Crippen LogP contribution >= 0.6 is 34.8 Å². The van der Waals surface area contributed by atoms with Gasteiger partial charge in [0.1, 0.15) is 0 Å². The molecule has 0 N–H and O–H groups in total. The van der Waals surface area contributed by atoms with Gasteiger partial charge >= 0.3 is 0 Å². The number of carbonyl (C=O) groups excluding carboxylic acids is 1. The van der Waals surface area contributed by atoms with E-state index in [1.54, 1.807) is 17.0 Å². The van der Waals surface area contributed by atoms with Crippen molar-refractivity contribution >= 4 is 40.7 Å². The minimum absolute atomic E-state index is 0.0775. The molecule has 0 saturated carbocycles. The number of hydrogen-bond donors (Lipinski definition) is 0. The number of rotatable bonds is 5. The largest absolute Gasteiger partial charge is 0.336 e. The fourth-order valence-electron chi connectivity index (χ4n) is 1.51. The summed E-state index contributed by atoms with van der Waals surface area (Å²) in [5.74, 6) is 0.705. The highest BCUT2D eigenvalue weighted by atomic mass is 35.5. The van der Waals surface area contributed by atoms with E-state index in [-0.39, 0.29) is 5.91 Å². The van der Waals surface area contributed by atoms with Gasteiger partial charge in [0.15, 0.2) is 0 Å². The quantitative estimate of drug-likeness (QED) is 0.760. The van der Waals surface area contributed by atoms with E-state index in [9.17, 15) is 4.79 Å². The zero-order chi connectivity index (χ0) is 12.8. The van der Waals surface area contributed by atoms with E-state index >= 15 is 0 Å². The highest BCUT2D eigenvalue weighted by molar-refractivity contribution is 6.31. The van der Waals surface area contributed by atoms with Gasteiger partial charge in [0.25, 0.3) is 5.91 Å². The number of amides is 1. The smallest absolute Gasteiger partial charge is 0.254 e. The van der Waals surface area contributed by atoms with Gasteiger partial charge in [-0.1, -0.05) is 17.7 Å². The first-order valence-electron chi connectivity index (χ1n) is 5.27. The summed E-state index contributed by atoms with van der Waals surface area (Å²) in [6.45, 7) is 2.85. The van der Waals surface area contributed by atoms with Crippen LogP contribution in [-0.2, 0) is 0 Å². The van der Waals surface area contributed by atoms with Crippen molar-refractivity contribution in [2.75, 3.05) is 24.8 Å². The van der Waals surface area contributed by atoms with Crippen LogP contribution in [0, 0.1) is 6.92 Å². The van der Waals surface area contributed by atoms with Crippen molar-refractivity contribution in [1.82, 2.24) is 4.90 Å². The van der Waals surface area contributed by atoms with Gasteiger partial charge in [0.2, 0.25) is 0 Å². The Morgan fingerprint density at radius 1 is 1.24 bits per heavy atom. The van der Waals surface area contributed by atoms with E-state index in [1.807, 2.05) is 13.0 Å². The van der Waals surface area contributed by atoms with Crippen LogP contribution in [0.25, 0.3) is 0 Å². The Hall–Kier alpha value is -0.440. The summed E-state index contributed by atoms with van der Waals surface area (Å²) in [5.41, 5.74) is 1.50. The molecular formula is C12H14Cl3NO. The fraction of sp³-hybridized carbons (Fsp3) is 0.417. The molecular weight excluding hydrogens is 280 g/mol. The van der Waals surface area contributed by atoms with Gasteiger partial charge in [-0.05, 0) is 24.6 Å². The molecule has 0 aromatic heterocycles. The Kier molecular flexibility index (Phi) is 6.10. The maximum Gasteiger partial charge on any atom is 0.254 e. The van der Waals surface area contributed by atoms with Gasteiger partial charge in [-0.15, -0.1) is 23.2 Å². The second-order valence-electron chi connectivity index (χ2n) is 3.63. The van der Waals surface area contributed by atoms with E-state index in [1.165, 1.54) is 0 Å². The normalized spacial score (nSPS) is 10.4. The Balaban J connectivity index is 2.95. The lowest BCUT2D eigenvalue weighted by atomic mass is 10.1. The molecule has 5 heteroatoms. The molecule has 0 heterocycles. The first-order valence-corrected chi connectivity index (χ1v) is 6.72. The van der Waals surface area contributed by atoms with E-state index in [0.717, 1.165) is 5.56 Å². The Morgan fingerprint density at radius 3 is 2.35 bits per heavy atom. The average Bonchev–Trinajstić information content (AvgIpc) is 2.31. The molecule has 0 unspecified atom stereocenters. The highest BCUT2D eigenvalue weighted by Crippen LogP contribution is 2.17. The molecule has 0 spiro atoms. The van der Waals surface area contributed by atoms with Crippen LogP contribution in [0.4, 0.5) is 0 Å². The van der Waals surface area contributed by atoms with Gasteiger partial charge < -0.3 is 4.90 Å². The first kappa shape index (κ1) is 14.6. The molecule has 1 aromatic carbocycles. The molecule has 0 radical (unpaired) electrons. The number of hydrogen-bond acceptors (Lipinski definition) is 1. The summed E-state index contributed by atoms with van der Waals surface area (Å²) < 4.78 is 0. The van der Waals surface area contributed by atoms with E-state index < -0.39 is 0 Å². The summed E-state index contributed by atoms with van der Waals surface area (Å²) in [4.78, 5) is 13.9. The van der Waals surface area contributed by atoms with Crippen LogP contribution in [0.1, 0.15) is 15.9 Å². The lowest BCUT2D eigenvalue weighted by Crippen LogP contribution is -2.34. The lowest BCUT2D eigenvalue weighted by molar-refractivity contribution is 0.0774. The molecule has 94 valence electrons. The summed E-state index contributed by atoms with van der Waals surface area (Å²) in [6.07, 6.45) is 0. The van der Waals surface area contributed by atoms with Gasteiger partial charge in [-0.3, -0.25) is 4.79 Å². The van der Waals surface area contributed by atoms with Crippen molar-refractivity contribution in [2.45, 2.75) is 6.92 Å². The molecule has 0 aliphatic heterocycles. The number of benzene rings is 1. The van der Waals surface area contributed by atoms with Gasteiger partial charge in [0, 0.05) is 35.4 Å². The van der Waals surface area contributed by atoms with Crippen LogP contribution in [0.3, 0.4) is 0 Å². The minimum atomic E-state index is -0.0775. The zero-order valence-corrected chi connectivity index (χ0v) is 11.8. The Bertz CT molecular complexity index is 389. The lowest BCUT2D eigenvalue weighted by Gasteiger charge is -2.21. The molecule has 1 aromatic rings. The zero-order valence-electron chi connectivity index (χ0n) is 9.55. The summed E-state index contributed by atoms with van der Waals surface area (Å²) >= 11 is 17.2. The molecule has 0 aliphatic rings. The van der Waals surface area contributed by atoms with Crippen LogP contribution < -0.4 is 0 Å². The standard InChI is InChI=1S/C12H14Cl3NO/c1-9-2-3-10(15)8-11(9)12(17)16(6-4-13)7-5-14/h2-3,8H,4-7H2,1H3. The van der Waals surface area contributed by atoms with Crippen molar-refractivity contribution < 1.29 is 4.79 Å². The number of halogens is 3. The second-order valence-corrected chi connectivity index (χ2v) is 4.82. The van der Waals surface area contributed by atoms with Crippen LogP contribution in [-0.4, -0.2) is 35.7 Å². The van der Waals surface area contributed by atoms with Crippen LogP contribution in [0.5, 0.6) is 0 Å². The van der Waals surface area contributed by atoms with E-state index in [2.05, 4.69) is 0 Å².